The lowest BCUT2D eigenvalue weighted by atomic mass is 10.1. The highest BCUT2D eigenvalue weighted by atomic mass is 32.2. The van der Waals surface area contributed by atoms with Crippen LogP contribution in [0.1, 0.15) is 35.5 Å². The van der Waals surface area contributed by atoms with E-state index in [0.29, 0.717) is 29.4 Å². The molecule has 1 N–H and O–H groups in total. The third-order valence-corrected chi connectivity index (χ3v) is 4.53. The van der Waals surface area contributed by atoms with Crippen LogP contribution in [0, 0.1) is 18.3 Å². The first-order valence-corrected chi connectivity index (χ1v) is 7.91. The molecule has 1 atom stereocenters. The van der Waals surface area contributed by atoms with E-state index >= 15 is 0 Å². The Morgan fingerprint density at radius 1 is 1.52 bits per heavy atom. The summed E-state index contributed by atoms with van der Waals surface area (Å²) in [6, 6.07) is 3.09. The van der Waals surface area contributed by atoms with Gasteiger partial charge in [-0.25, -0.2) is 9.78 Å². The molecule has 0 aromatic carbocycles. The second kappa shape index (κ2) is 6.79. The van der Waals surface area contributed by atoms with Crippen molar-refractivity contribution in [2.75, 3.05) is 13.1 Å². The molecule has 0 spiro atoms. The lowest BCUT2D eigenvalue weighted by molar-refractivity contribution is -0.126. The zero-order valence-corrected chi connectivity index (χ0v) is 13.9. The quantitative estimate of drug-likeness (QED) is 0.662. The number of urea groups is 1. The Balaban J connectivity index is 2.24. The monoisotopic (exact) mass is 332 g/mol. The van der Waals surface area contributed by atoms with Crippen LogP contribution in [0.3, 0.4) is 0 Å². The lowest BCUT2D eigenvalue weighted by Gasteiger charge is -2.17. The molecule has 8 heteroatoms. The average Bonchev–Trinajstić information content (AvgIpc) is 2.92. The molecule has 1 aliphatic heterocycles. The van der Waals surface area contributed by atoms with E-state index in [2.05, 4.69) is 10.3 Å². The van der Waals surface area contributed by atoms with Crippen molar-refractivity contribution in [3.8, 4) is 6.07 Å². The topological polar surface area (TPSA) is 103 Å². The van der Waals surface area contributed by atoms with Crippen LogP contribution in [0.25, 0.3) is 0 Å². The van der Waals surface area contributed by atoms with Gasteiger partial charge in [-0.2, -0.15) is 5.26 Å². The van der Waals surface area contributed by atoms with Gasteiger partial charge in [0.2, 0.25) is 5.91 Å². The summed E-state index contributed by atoms with van der Waals surface area (Å²) in [5, 5.41) is 11.6. The minimum absolute atomic E-state index is 0.166. The van der Waals surface area contributed by atoms with Gasteiger partial charge < -0.3 is 5.32 Å². The molecule has 0 radical (unpaired) electrons. The Morgan fingerprint density at radius 2 is 2.22 bits per heavy atom. The number of carbonyl (C=O) groups is 3. The van der Waals surface area contributed by atoms with E-state index in [9.17, 15) is 19.6 Å². The summed E-state index contributed by atoms with van der Waals surface area (Å²) in [6.07, 6.45) is 0. The maximum absolute atomic E-state index is 12.3. The number of Topliss-reactive ketones (excluding diaryl/α,β-unsaturated/α-hetero) is 1. The molecule has 0 bridgehead atoms. The van der Waals surface area contributed by atoms with E-state index in [-0.39, 0.29) is 17.3 Å². The van der Waals surface area contributed by atoms with Crippen molar-refractivity contribution < 1.29 is 14.4 Å². The zero-order chi connectivity index (χ0) is 17.1. The Hall–Kier alpha value is -2.40. The lowest BCUT2D eigenvalue weighted by Crippen LogP contribution is -2.39. The Kier molecular flexibility index (Phi) is 5.01. The third kappa shape index (κ3) is 3.51. The van der Waals surface area contributed by atoms with Crippen LogP contribution in [0.4, 0.5) is 4.79 Å². The molecule has 2 heterocycles. The number of amides is 3. The number of carbonyl (C=O) groups excluding carboxylic acids is 3. The predicted octanol–water partition coefficient (Wildman–Crippen LogP) is 1.50. The zero-order valence-electron chi connectivity index (χ0n) is 13.0. The maximum atomic E-state index is 12.3. The molecule has 1 aromatic heterocycles. The number of thioether (sulfide) groups is 1. The highest BCUT2D eigenvalue weighted by Crippen LogP contribution is 2.28. The number of nitrogens with one attached hydrogen (secondary N) is 1. The van der Waals surface area contributed by atoms with E-state index < -0.39 is 11.3 Å². The summed E-state index contributed by atoms with van der Waals surface area (Å²) in [4.78, 5) is 40.8. The minimum atomic E-state index is -0.568. The molecule has 1 aromatic rings. The number of pyridine rings is 1. The van der Waals surface area contributed by atoms with Crippen LogP contribution in [-0.2, 0) is 4.79 Å². The fourth-order valence-corrected chi connectivity index (χ4v) is 3.21. The molecule has 23 heavy (non-hydrogen) atoms. The predicted molar refractivity (Wildman–Crippen MR) is 84.1 cm³/mol. The van der Waals surface area contributed by atoms with Gasteiger partial charge in [-0.3, -0.25) is 14.5 Å². The fraction of sp³-hybridized carbons (Fsp3) is 0.400. The Morgan fingerprint density at radius 3 is 2.74 bits per heavy atom. The molecule has 0 aliphatic carbocycles. The van der Waals surface area contributed by atoms with Gasteiger partial charge in [0.15, 0.2) is 5.78 Å². The van der Waals surface area contributed by atoms with E-state index in [1.807, 2.05) is 6.07 Å². The SMILES string of the molecule is CC(=O)c1cc(C#N)c(S[C@H](C)C(=O)N2CCNC2=O)nc1C. The van der Waals surface area contributed by atoms with Crippen molar-refractivity contribution in [3.05, 3.63) is 22.9 Å². The number of rotatable bonds is 4. The summed E-state index contributed by atoms with van der Waals surface area (Å²) in [5.41, 5.74) is 1.15. The smallest absolute Gasteiger partial charge is 0.324 e. The summed E-state index contributed by atoms with van der Waals surface area (Å²) >= 11 is 1.11. The second-order valence-corrected chi connectivity index (χ2v) is 6.45. The number of aryl methyl sites for hydroxylation is 1. The van der Waals surface area contributed by atoms with Crippen molar-refractivity contribution in [1.29, 1.82) is 5.26 Å². The number of nitriles is 1. The Labute approximate surface area is 138 Å². The van der Waals surface area contributed by atoms with E-state index in [1.165, 1.54) is 13.0 Å². The molecule has 1 fully saturated rings. The first-order valence-electron chi connectivity index (χ1n) is 7.03. The number of hydrogen-bond acceptors (Lipinski definition) is 6. The van der Waals surface area contributed by atoms with Crippen LogP contribution >= 0.6 is 11.8 Å². The number of imide groups is 1. The van der Waals surface area contributed by atoms with Gasteiger partial charge in [-0.15, -0.1) is 0 Å². The van der Waals surface area contributed by atoms with Gasteiger partial charge in [-0.1, -0.05) is 11.8 Å². The largest absolute Gasteiger partial charge is 0.336 e. The van der Waals surface area contributed by atoms with Crippen LogP contribution in [-0.4, -0.2) is 45.9 Å². The molecular weight excluding hydrogens is 316 g/mol. The van der Waals surface area contributed by atoms with Crippen molar-refractivity contribution in [1.82, 2.24) is 15.2 Å². The van der Waals surface area contributed by atoms with Crippen LogP contribution < -0.4 is 5.32 Å². The highest BCUT2D eigenvalue weighted by Gasteiger charge is 2.31. The number of nitrogens with zero attached hydrogens (tertiary/aromatic N) is 3. The first-order chi connectivity index (χ1) is 10.8. The molecule has 3 amide bonds. The Bertz CT molecular complexity index is 726. The molecule has 0 unspecified atom stereocenters. The normalized spacial score (nSPS) is 15.0. The van der Waals surface area contributed by atoms with Crippen molar-refractivity contribution in [2.24, 2.45) is 0 Å². The van der Waals surface area contributed by atoms with Crippen molar-refractivity contribution in [2.45, 2.75) is 31.0 Å². The molecule has 2 rings (SSSR count). The number of hydrogen-bond donors (Lipinski definition) is 1. The molecule has 7 nitrogen and oxygen atoms in total. The minimum Gasteiger partial charge on any atom is -0.336 e. The van der Waals surface area contributed by atoms with E-state index in [0.717, 1.165) is 16.7 Å². The molecule has 1 aliphatic rings. The van der Waals surface area contributed by atoms with Gasteiger partial charge in [0.25, 0.3) is 0 Å². The molecule has 1 saturated heterocycles. The summed E-state index contributed by atoms with van der Waals surface area (Å²) in [6.45, 7) is 5.54. The van der Waals surface area contributed by atoms with Crippen molar-refractivity contribution in [3.63, 3.8) is 0 Å². The van der Waals surface area contributed by atoms with Crippen LogP contribution in [0.15, 0.2) is 11.1 Å². The van der Waals surface area contributed by atoms with Gasteiger partial charge >= 0.3 is 6.03 Å². The summed E-state index contributed by atoms with van der Waals surface area (Å²) in [7, 11) is 0. The van der Waals surface area contributed by atoms with E-state index in [1.54, 1.807) is 13.8 Å². The van der Waals surface area contributed by atoms with Crippen LogP contribution in [0.2, 0.25) is 0 Å². The van der Waals surface area contributed by atoms with Crippen LogP contribution in [0.5, 0.6) is 0 Å². The van der Waals surface area contributed by atoms with E-state index in [4.69, 9.17) is 0 Å². The van der Waals surface area contributed by atoms with Gasteiger partial charge in [0.1, 0.15) is 11.1 Å². The first kappa shape index (κ1) is 17.0. The second-order valence-electron chi connectivity index (χ2n) is 5.12. The van der Waals surface area contributed by atoms with Gasteiger partial charge in [0.05, 0.1) is 10.8 Å². The molecule has 0 saturated carbocycles. The highest BCUT2D eigenvalue weighted by molar-refractivity contribution is 8.00. The third-order valence-electron chi connectivity index (χ3n) is 3.44. The van der Waals surface area contributed by atoms with Crippen molar-refractivity contribution >= 4 is 29.5 Å². The fourth-order valence-electron chi connectivity index (χ4n) is 2.23. The number of ketones is 1. The average molecular weight is 332 g/mol. The van der Waals surface area contributed by atoms with Gasteiger partial charge in [0, 0.05) is 24.3 Å². The maximum Gasteiger partial charge on any atom is 0.324 e. The molecular formula is C15H16N4O3S. The number of aromatic nitrogens is 1. The summed E-state index contributed by atoms with van der Waals surface area (Å²) in [5.74, 6) is -0.495. The summed E-state index contributed by atoms with van der Waals surface area (Å²) < 4.78 is 0. The molecule has 120 valence electrons. The standard InChI is InChI=1S/C15H16N4O3S/c1-8-12(9(2)20)6-11(7-16)13(18-8)23-10(3)14(21)19-5-4-17-15(19)22/h6,10H,4-5H2,1-3H3,(H,17,22)/t10-/m1/s1. The van der Waals surface area contributed by atoms with Gasteiger partial charge in [-0.05, 0) is 26.8 Å².